The summed E-state index contributed by atoms with van der Waals surface area (Å²) in [7, 11) is 0. The van der Waals surface area contributed by atoms with E-state index in [1.54, 1.807) is 6.07 Å². The van der Waals surface area contributed by atoms with E-state index < -0.39 is 0 Å². The normalized spacial score (nSPS) is 13.3. The molecule has 2 N–H and O–H groups in total. The van der Waals surface area contributed by atoms with E-state index >= 15 is 0 Å². The maximum Gasteiger partial charge on any atom is 0.0640 e. The smallest absolute Gasteiger partial charge is 0.0640 e. The second-order valence-electron chi connectivity index (χ2n) is 3.88. The van der Waals surface area contributed by atoms with Crippen LogP contribution in [0.3, 0.4) is 0 Å². The van der Waals surface area contributed by atoms with E-state index in [1.807, 2.05) is 12.1 Å². The van der Waals surface area contributed by atoms with Crippen LogP contribution < -0.4 is 5.73 Å². The van der Waals surface area contributed by atoms with Crippen molar-refractivity contribution in [2.75, 3.05) is 0 Å². The predicted molar refractivity (Wildman–Crippen MR) is 62.8 cm³/mol. The molecule has 0 aromatic heterocycles. The molecular formula is C11H15Cl2N. The number of nitrogens with two attached hydrogens (primary N) is 1. The summed E-state index contributed by atoms with van der Waals surface area (Å²) in [6.07, 6.45) is 0.917. The second-order valence-corrected chi connectivity index (χ2v) is 4.66. The Hall–Kier alpha value is -0.240. The third kappa shape index (κ3) is 2.88. The predicted octanol–water partition coefficient (Wildman–Crippen LogP) is 4.04. The minimum atomic E-state index is -0.0267. The molecule has 1 atom stereocenters. The van der Waals surface area contributed by atoms with Crippen LogP contribution >= 0.6 is 23.2 Å². The molecule has 14 heavy (non-hydrogen) atoms. The van der Waals surface area contributed by atoms with Crippen molar-refractivity contribution in [3.05, 3.63) is 33.8 Å². The molecule has 0 unspecified atom stereocenters. The molecule has 0 aliphatic carbocycles. The molecular weight excluding hydrogens is 217 g/mol. The maximum atomic E-state index is 6.06. The lowest BCUT2D eigenvalue weighted by Gasteiger charge is -2.16. The average Bonchev–Trinajstić information content (AvgIpc) is 2.08. The van der Waals surface area contributed by atoms with Gasteiger partial charge in [0.25, 0.3) is 0 Å². The van der Waals surface area contributed by atoms with E-state index in [-0.39, 0.29) is 6.04 Å². The Morgan fingerprint density at radius 2 is 1.93 bits per heavy atom. The fourth-order valence-corrected chi connectivity index (χ4v) is 1.89. The van der Waals surface area contributed by atoms with Crippen molar-refractivity contribution in [3.63, 3.8) is 0 Å². The summed E-state index contributed by atoms with van der Waals surface area (Å²) in [6.45, 7) is 4.27. The first kappa shape index (κ1) is 11.8. The van der Waals surface area contributed by atoms with Crippen LogP contribution in [-0.2, 0) is 0 Å². The van der Waals surface area contributed by atoms with Gasteiger partial charge in [0, 0.05) is 6.04 Å². The lowest BCUT2D eigenvalue weighted by Crippen LogP contribution is -2.13. The third-order valence-corrected chi connectivity index (χ3v) is 2.94. The zero-order valence-electron chi connectivity index (χ0n) is 8.43. The molecule has 0 radical (unpaired) electrons. The van der Waals surface area contributed by atoms with Crippen molar-refractivity contribution >= 4 is 23.2 Å². The van der Waals surface area contributed by atoms with E-state index in [9.17, 15) is 0 Å². The molecule has 3 heteroatoms. The zero-order valence-corrected chi connectivity index (χ0v) is 9.94. The summed E-state index contributed by atoms with van der Waals surface area (Å²) in [5, 5.41) is 1.16. The van der Waals surface area contributed by atoms with Crippen LogP contribution in [0, 0.1) is 5.92 Å². The topological polar surface area (TPSA) is 26.0 Å². The molecule has 0 saturated heterocycles. The van der Waals surface area contributed by atoms with E-state index in [0.717, 1.165) is 12.0 Å². The Kier molecular flexibility index (Phi) is 4.24. The number of benzene rings is 1. The van der Waals surface area contributed by atoms with Gasteiger partial charge in [-0.1, -0.05) is 49.2 Å². The molecule has 1 rings (SSSR count). The summed E-state index contributed by atoms with van der Waals surface area (Å²) in [5.41, 5.74) is 6.96. The lowest BCUT2D eigenvalue weighted by atomic mass is 9.98. The molecule has 0 heterocycles. The van der Waals surface area contributed by atoms with Gasteiger partial charge in [-0.2, -0.15) is 0 Å². The van der Waals surface area contributed by atoms with Gasteiger partial charge in [-0.25, -0.2) is 0 Å². The van der Waals surface area contributed by atoms with Crippen molar-refractivity contribution in [2.45, 2.75) is 26.3 Å². The van der Waals surface area contributed by atoms with Gasteiger partial charge >= 0.3 is 0 Å². The standard InChI is InChI=1S/C11H15Cl2N/c1-7(2)6-10(14)8-4-3-5-9(12)11(8)13/h3-5,7,10H,6,14H2,1-2H3/t10-/m1/s1. The van der Waals surface area contributed by atoms with E-state index in [1.165, 1.54) is 0 Å². The average molecular weight is 232 g/mol. The number of hydrogen-bond donors (Lipinski definition) is 1. The molecule has 0 aliphatic rings. The largest absolute Gasteiger partial charge is 0.324 e. The van der Waals surface area contributed by atoms with Crippen molar-refractivity contribution in [1.82, 2.24) is 0 Å². The summed E-state index contributed by atoms with van der Waals surface area (Å²) in [5.74, 6) is 0.556. The summed E-state index contributed by atoms with van der Waals surface area (Å²) < 4.78 is 0. The van der Waals surface area contributed by atoms with Crippen LogP contribution in [0.1, 0.15) is 31.9 Å². The first-order valence-electron chi connectivity index (χ1n) is 4.72. The SMILES string of the molecule is CC(C)C[C@@H](N)c1cccc(Cl)c1Cl. The molecule has 1 nitrogen and oxygen atoms in total. The molecule has 0 bridgehead atoms. The van der Waals surface area contributed by atoms with Gasteiger partial charge in [-0.3, -0.25) is 0 Å². The second kappa shape index (κ2) is 5.01. The van der Waals surface area contributed by atoms with Gasteiger partial charge in [0.05, 0.1) is 10.0 Å². The molecule has 1 aromatic carbocycles. The van der Waals surface area contributed by atoms with E-state index in [4.69, 9.17) is 28.9 Å². The van der Waals surface area contributed by atoms with Gasteiger partial charge in [0.2, 0.25) is 0 Å². The molecule has 0 spiro atoms. The Bertz CT molecular complexity index is 310. The molecule has 78 valence electrons. The first-order chi connectivity index (χ1) is 6.52. The van der Waals surface area contributed by atoms with E-state index in [0.29, 0.717) is 16.0 Å². The molecule has 0 amide bonds. The Labute approximate surface area is 95.2 Å². The Morgan fingerprint density at radius 3 is 2.50 bits per heavy atom. The van der Waals surface area contributed by atoms with Crippen LogP contribution in [0.15, 0.2) is 18.2 Å². The Morgan fingerprint density at radius 1 is 1.29 bits per heavy atom. The van der Waals surface area contributed by atoms with Crippen LogP contribution in [0.25, 0.3) is 0 Å². The molecule has 1 aromatic rings. The van der Waals surface area contributed by atoms with Crippen molar-refractivity contribution in [3.8, 4) is 0 Å². The summed E-state index contributed by atoms with van der Waals surface area (Å²) in [6, 6.07) is 5.56. The van der Waals surface area contributed by atoms with Gasteiger partial charge in [0.15, 0.2) is 0 Å². The first-order valence-corrected chi connectivity index (χ1v) is 5.47. The van der Waals surface area contributed by atoms with Crippen LogP contribution in [-0.4, -0.2) is 0 Å². The number of hydrogen-bond acceptors (Lipinski definition) is 1. The summed E-state index contributed by atoms with van der Waals surface area (Å²) in [4.78, 5) is 0. The number of halogens is 2. The molecule has 0 aliphatic heterocycles. The van der Waals surface area contributed by atoms with Crippen molar-refractivity contribution in [2.24, 2.45) is 11.7 Å². The van der Waals surface area contributed by atoms with Gasteiger partial charge in [-0.15, -0.1) is 0 Å². The highest BCUT2D eigenvalue weighted by molar-refractivity contribution is 6.42. The third-order valence-electron chi connectivity index (χ3n) is 2.11. The number of rotatable bonds is 3. The minimum absolute atomic E-state index is 0.0267. The van der Waals surface area contributed by atoms with Crippen molar-refractivity contribution in [1.29, 1.82) is 0 Å². The maximum absolute atomic E-state index is 6.06. The minimum Gasteiger partial charge on any atom is -0.324 e. The van der Waals surface area contributed by atoms with Gasteiger partial charge < -0.3 is 5.73 Å². The zero-order chi connectivity index (χ0) is 10.7. The van der Waals surface area contributed by atoms with E-state index in [2.05, 4.69) is 13.8 Å². The highest BCUT2D eigenvalue weighted by Gasteiger charge is 2.13. The van der Waals surface area contributed by atoms with Crippen LogP contribution in [0.5, 0.6) is 0 Å². The fraction of sp³-hybridized carbons (Fsp3) is 0.455. The quantitative estimate of drug-likeness (QED) is 0.836. The van der Waals surface area contributed by atoms with Crippen LogP contribution in [0.2, 0.25) is 10.0 Å². The molecule has 0 fully saturated rings. The van der Waals surface area contributed by atoms with Crippen LogP contribution in [0.4, 0.5) is 0 Å². The lowest BCUT2D eigenvalue weighted by molar-refractivity contribution is 0.510. The highest BCUT2D eigenvalue weighted by Crippen LogP contribution is 2.31. The van der Waals surface area contributed by atoms with Gasteiger partial charge in [-0.05, 0) is 24.0 Å². The Balaban J connectivity index is 2.89. The monoisotopic (exact) mass is 231 g/mol. The summed E-state index contributed by atoms with van der Waals surface area (Å²) >= 11 is 12.0. The highest BCUT2D eigenvalue weighted by atomic mass is 35.5. The van der Waals surface area contributed by atoms with Crippen molar-refractivity contribution < 1.29 is 0 Å². The van der Waals surface area contributed by atoms with Gasteiger partial charge in [0.1, 0.15) is 0 Å². The molecule has 0 saturated carbocycles. The fourth-order valence-electron chi connectivity index (χ4n) is 1.44.